The lowest BCUT2D eigenvalue weighted by Gasteiger charge is -2.27. The highest BCUT2D eigenvalue weighted by Gasteiger charge is 2.31. The Bertz CT molecular complexity index is 642. The summed E-state index contributed by atoms with van der Waals surface area (Å²) in [6, 6.07) is 5.05. The fourth-order valence-electron chi connectivity index (χ4n) is 3.24. The van der Waals surface area contributed by atoms with Gasteiger partial charge in [0.05, 0.1) is 11.5 Å². The molecule has 5 nitrogen and oxygen atoms in total. The van der Waals surface area contributed by atoms with Gasteiger partial charge < -0.3 is 15.2 Å². The van der Waals surface area contributed by atoms with E-state index in [1.165, 1.54) is 6.07 Å². The minimum atomic E-state index is -4.39. The fraction of sp³-hybridized carbons (Fsp3) is 0.579. The summed E-state index contributed by atoms with van der Waals surface area (Å²) in [6.45, 7) is 1.11. The van der Waals surface area contributed by atoms with Crippen LogP contribution in [0.15, 0.2) is 24.3 Å². The third-order valence-corrected chi connectivity index (χ3v) is 4.79. The molecule has 1 aliphatic heterocycles. The summed E-state index contributed by atoms with van der Waals surface area (Å²) in [5.74, 6) is -1.91. The first-order valence-electron chi connectivity index (χ1n) is 9.00. The number of aryl methyl sites for hydroxylation is 1. The Morgan fingerprint density at radius 3 is 2.59 bits per heavy atom. The predicted octanol–water partition coefficient (Wildman–Crippen LogP) is 3.27. The van der Waals surface area contributed by atoms with Gasteiger partial charge in [0, 0.05) is 26.2 Å². The van der Waals surface area contributed by atoms with E-state index in [0.29, 0.717) is 44.5 Å². The lowest BCUT2D eigenvalue weighted by molar-refractivity contribution is -0.145. The maximum Gasteiger partial charge on any atom is 0.416 e. The molecule has 0 spiro atoms. The molecule has 150 valence electrons. The first-order chi connectivity index (χ1) is 12.8. The molecule has 8 heteroatoms. The molecule has 1 fully saturated rings. The summed E-state index contributed by atoms with van der Waals surface area (Å²) >= 11 is 0. The van der Waals surface area contributed by atoms with E-state index in [9.17, 15) is 27.9 Å². The zero-order valence-electron chi connectivity index (χ0n) is 14.9. The number of carboxylic acids is 1. The van der Waals surface area contributed by atoms with E-state index < -0.39 is 23.6 Å². The van der Waals surface area contributed by atoms with Crippen LogP contribution in [0.1, 0.15) is 36.8 Å². The van der Waals surface area contributed by atoms with E-state index in [1.807, 2.05) is 0 Å². The maximum absolute atomic E-state index is 12.7. The first kappa shape index (κ1) is 21.2. The number of amides is 1. The second kappa shape index (κ2) is 9.73. The van der Waals surface area contributed by atoms with Crippen LogP contribution in [0.3, 0.4) is 0 Å². The molecule has 1 aliphatic rings. The van der Waals surface area contributed by atoms with Gasteiger partial charge in [0.25, 0.3) is 0 Å². The average molecular weight is 387 g/mol. The lowest BCUT2D eigenvalue weighted by atomic mass is 9.86. The number of nitrogens with one attached hydrogen (secondary N) is 1. The smallest absolute Gasteiger partial charge is 0.416 e. The van der Waals surface area contributed by atoms with Gasteiger partial charge in [-0.05, 0) is 43.2 Å². The van der Waals surface area contributed by atoms with Gasteiger partial charge in [-0.3, -0.25) is 9.59 Å². The number of carboxylic acid groups (broad SMARTS) is 1. The van der Waals surface area contributed by atoms with Gasteiger partial charge in [0.2, 0.25) is 5.91 Å². The average Bonchev–Trinajstić information content (AvgIpc) is 2.62. The number of ether oxygens (including phenoxy) is 1. The number of rotatable bonds is 8. The van der Waals surface area contributed by atoms with Gasteiger partial charge in [-0.15, -0.1) is 0 Å². The maximum atomic E-state index is 12.7. The van der Waals surface area contributed by atoms with Crippen molar-refractivity contribution in [3.8, 4) is 0 Å². The minimum Gasteiger partial charge on any atom is -0.481 e. The fourth-order valence-corrected chi connectivity index (χ4v) is 3.24. The van der Waals surface area contributed by atoms with E-state index in [-0.39, 0.29) is 24.8 Å². The SMILES string of the molecule is O=C(CCCc1cccc(C(F)(F)F)c1)NCC(C(=O)O)C1CCOCC1. The van der Waals surface area contributed by atoms with Crippen LogP contribution in [0.25, 0.3) is 0 Å². The number of carbonyl (C=O) groups is 2. The molecule has 1 unspecified atom stereocenters. The molecule has 1 heterocycles. The second-order valence-electron chi connectivity index (χ2n) is 6.75. The Hall–Kier alpha value is -2.09. The summed E-state index contributed by atoms with van der Waals surface area (Å²) < 4.78 is 43.3. The van der Waals surface area contributed by atoms with E-state index >= 15 is 0 Å². The number of halogens is 3. The molecule has 2 rings (SSSR count). The van der Waals surface area contributed by atoms with Crippen molar-refractivity contribution in [3.05, 3.63) is 35.4 Å². The zero-order valence-corrected chi connectivity index (χ0v) is 14.9. The summed E-state index contributed by atoms with van der Waals surface area (Å²) in [6.07, 6.45) is -2.20. The third kappa shape index (κ3) is 6.86. The van der Waals surface area contributed by atoms with Crippen LogP contribution in [0.5, 0.6) is 0 Å². The van der Waals surface area contributed by atoms with Crippen molar-refractivity contribution < 1.29 is 32.6 Å². The first-order valence-corrected chi connectivity index (χ1v) is 9.00. The van der Waals surface area contributed by atoms with Crippen LogP contribution < -0.4 is 5.32 Å². The normalized spacial score (nSPS) is 16.7. The van der Waals surface area contributed by atoms with E-state index in [0.717, 1.165) is 12.1 Å². The zero-order chi connectivity index (χ0) is 19.9. The second-order valence-corrected chi connectivity index (χ2v) is 6.75. The molecule has 1 aromatic carbocycles. The topological polar surface area (TPSA) is 75.6 Å². The molecule has 0 radical (unpaired) electrons. The molecule has 0 saturated carbocycles. The molecular formula is C19H24F3NO4. The van der Waals surface area contributed by atoms with E-state index in [2.05, 4.69) is 5.32 Å². The number of hydrogen-bond acceptors (Lipinski definition) is 3. The molecule has 1 saturated heterocycles. The van der Waals surface area contributed by atoms with Crippen LogP contribution in [0.4, 0.5) is 13.2 Å². The number of benzene rings is 1. The van der Waals surface area contributed by atoms with Crippen molar-refractivity contribution in [2.24, 2.45) is 11.8 Å². The number of alkyl halides is 3. The van der Waals surface area contributed by atoms with Crippen LogP contribution in [-0.2, 0) is 26.9 Å². The van der Waals surface area contributed by atoms with Crippen molar-refractivity contribution in [2.45, 2.75) is 38.3 Å². The third-order valence-electron chi connectivity index (χ3n) is 4.79. The lowest BCUT2D eigenvalue weighted by Crippen LogP contribution is -2.38. The molecule has 2 N–H and O–H groups in total. The standard InChI is InChI=1S/C19H24F3NO4/c20-19(21,22)15-5-1-3-13(11-15)4-2-6-17(24)23-12-16(18(25)26)14-7-9-27-10-8-14/h1,3,5,11,14,16H,2,4,6-10,12H2,(H,23,24)(H,25,26). The molecule has 0 bridgehead atoms. The summed E-state index contributed by atoms with van der Waals surface area (Å²) in [7, 11) is 0. The highest BCUT2D eigenvalue weighted by molar-refractivity contribution is 5.77. The molecule has 0 aliphatic carbocycles. The van der Waals surface area contributed by atoms with Gasteiger partial charge in [0.15, 0.2) is 0 Å². The summed E-state index contributed by atoms with van der Waals surface area (Å²) in [5.41, 5.74) is -0.187. The Labute approximate surface area is 155 Å². The molecular weight excluding hydrogens is 363 g/mol. The summed E-state index contributed by atoms with van der Waals surface area (Å²) in [4.78, 5) is 23.4. The molecule has 0 aromatic heterocycles. The van der Waals surface area contributed by atoms with Gasteiger partial charge in [-0.25, -0.2) is 0 Å². The van der Waals surface area contributed by atoms with Crippen molar-refractivity contribution in [1.29, 1.82) is 0 Å². The van der Waals surface area contributed by atoms with E-state index in [4.69, 9.17) is 4.74 Å². The quantitative estimate of drug-likeness (QED) is 0.718. The molecule has 1 aromatic rings. The molecule has 27 heavy (non-hydrogen) atoms. The van der Waals surface area contributed by atoms with Gasteiger partial charge in [-0.2, -0.15) is 13.2 Å². The van der Waals surface area contributed by atoms with Crippen LogP contribution in [-0.4, -0.2) is 36.7 Å². The number of hydrogen-bond donors (Lipinski definition) is 2. The van der Waals surface area contributed by atoms with Crippen LogP contribution >= 0.6 is 0 Å². The summed E-state index contributed by atoms with van der Waals surface area (Å²) in [5, 5.41) is 12.0. The van der Waals surface area contributed by atoms with Crippen LogP contribution in [0.2, 0.25) is 0 Å². The Balaban J connectivity index is 1.76. The van der Waals surface area contributed by atoms with Gasteiger partial charge in [-0.1, -0.05) is 18.2 Å². The van der Waals surface area contributed by atoms with Crippen molar-refractivity contribution >= 4 is 11.9 Å². The van der Waals surface area contributed by atoms with Crippen molar-refractivity contribution in [1.82, 2.24) is 5.32 Å². The Morgan fingerprint density at radius 1 is 1.26 bits per heavy atom. The Kier molecular flexibility index (Phi) is 7.65. The highest BCUT2D eigenvalue weighted by Crippen LogP contribution is 2.29. The van der Waals surface area contributed by atoms with Gasteiger partial charge in [0.1, 0.15) is 0 Å². The number of aliphatic carboxylic acids is 1. The molecule has 1 atom stereocenters. The molecule has 1 amide bonds. The van der Waals surface area contributed by atoms with Gasteiger partial charge >= 0.3 is 12.1 Å². The minimum absolute atomic E-state index is 0.0262. The van der Waals surface area contributed by atoms with E-state index in [1.54, 1.807) is 6.07 Å². The predicted molar refractivity (Wildman–Crippen MR) is 92.1 cm³/mol. The monoisotopic (exact) mass is 387 g/mol. The van der Waals surface area contributed by atoms with Crippen LogP contribution in [0, 0.1) is 11.8 Å². The number of carbonyl (C=O) groups excluding carboxylic acids is 1. The largest absolute Gasteiger partial charge is 0.481 e. The van der Waals surface area contributed by atoms with Crippen molar-refractivity contribution in [2.75, 3.05) is 19.8 Å². The highest BCUT2D eigenvalue weighted by atomic mass is 19.4. The van der Waals surface area contributed by atoms with Crippen molar-refractivity contribution in [3.63, 3.8) is 0 Å². The Morgan fingerprint density at radius 2 is 1.96 bits per heavy atom.